The SMILES string of the molecule is O=C1CC[C@@H](C(=O)N2CCN(S(=O)(=O)c3ccc(C4CCCCC4)cc3)CC2)N1. The summed E-state index contributed by atoms with van der Waals surface area (Å²) in [6.07, 6.45) is 7.05. The maximum atomic E-state index is 13.0. The number of hydrogen-bond acceptors (Lipinski definition) is 4. The van der Waals surface area contributed by atoms with Crippen LogP contribution in [0.3, 0.4) is 0 Å². The van der Waals surface area contributed by atoms with Crippen LogP contribution in [0, 0.1) is 0 Å². The molecule has 1 saturated carbocycles. The van der Waals surface area contributed by atoms with Crippen molar-refractivity contribution in [3.8, 4) is 0 Å². The van der Waals surface area contributed by atoms with Gasteiger partial charge in [0.15, 0.2) is 0 Å². The van der Waals surface area contributed by atoms with Crippen LogP contribution in [0.4, 0.5) is 0 Å². The van der Waals surface area contributed by atoms with Crippen LogP contribution in [0.25, 0.3) is 0 Å². The second kappa shape index (κ2) is 8.44. The monoisotopic (exact) mass is 419 g/mol. The van der Waals surface area contributed by atoms with E-state index in [4.69, 9.17) is 0 Å². The molecule has 1 aromatic carbocycles. The molecule has 2 amide bonds. The molecule has 1 aliphatic carbocycles. The average molecular weight is 420 g/mol. The fraction of sp³-hybridized carbons (Fsp3) is 0.619. The zero-order chi connectivity index (χ0) is 20.4. The van der Waals surface area contributed by atoms with Crippen LogP contribution in [0.5, 0.6) is 0 Å². The number of nitrogens with one attached hydrogen (secondary N) is 1. The maximum Gasteiger partial charge on any atom is 0.245 e. The summed E-state index contributed by atoms with van der Waals surface area (Å²) >= 11 is 0. The summed E-state index contributed by atoms with van der Waals surface area (Å²) in [7, 11) is -3.56. The zero-order valence-corrected chi connectivity index (χ0v) is 17.5. The molecule has 3 fully saturated rings. The van der Waals surface area contributed by atoms with Crippen molar-refractivity contribution >= 4 is 21.8 Å². The van der Waals surface area contributed by atoms with E-state index in [1.807, 2.05) is 12.1 Å². The highest BCUT2D eigenvalue weighted by molar-refractivity contribution is 7.89. The van der Waals surface area contributed by atoms with Gasteiger partial charge >= 0.3 is 0 Å². The zero-order valence-electron chi connectivity index (χ0n) is 16.7. The minimum absolute atomic E-state index is 0.0961. The molecule has 3 aliphatic rings. The standard InChI is InChI=1S/C21H29N3O4S/c25-20-11-10-19(22-20)21(26)23-12-14-24(15-13-23)29(27,28)18-8-6-17(7-9-18)16-4-2-1-3-5-16/h6-9,16,19H,1-5,10-15H2,(H,22,25)/t19-/m0/s1. The molecule has 1 N–H and O–H groups in total. The number of carbonyl (C=O) groups excluding carboxylic acids is 2. The van der Waals surface area contributed by atoms with Gasteiger partial charge in [0.1, 0.15) is 6.04 Å². The van der Waals surface area contributed by atoms with Crippen molar-refractivity contribution in [3.05, 3.63) is 29.8 Å². The van der Waals surface area contributed by atoms with Gasteiger partial charge in [-0.05, 0) is 42.9 Å². The van der Waals surface area contributed by atoms with Crippen molar-refractivity contribution < 1.29 is 18.0 Å². The molecule has 29 heavy (non-hydrogen) atoms. The Balaban J connectivity index is 1.37. The number of amides is 2. The first-order valence-electron chi connectivity index (χ1n) is 10.6. The van der Waals surface area contributed by atoms with Gasteiger partial charge in [-0.15, -0.1) is 0 Å². The topological polar surface area (TPSA) is 86.8 Å². The lowest BCUT2D eigenvalue weighted by atomic mass is 9.84. The molecule has 0 bridgehead atoms. The Morgan fingerprint density at radius 3 is 2.17 bits per heavy atom. The Morgan fingerprint density at radius 2 is 1.59 bits per heavy atom. The summed E-state index contributed by atoms with van der Waals surface area (Å²) in [6, 6.07) is 6.92. The average Bonchev–Trinajstić information content (AvgIpc) is 3.20. The van der Waals surface area contributed by atoms with Crippen molar-refractivity contribution in [1.29, 1.82) is 0 Å². The third kappa shape index (κ3) is 4.33. The van der Waals surface area contributed by atoms with Gasteiger partial charge in [-0.3, -0.25) is 9.59 Å². The second-order valence-electron chi connectivity index (χ2n) is 8.29. The van der Waals surface area contributed by atoms with Crippen LogP contribution in [0.15, 0.2) is 29.2 Å². The summed E-state index contributed by atoms with van der Waals surface area (Å²) in [6.45, 7) is 1.26. The van der Waals surface area contributed by atoms with E-state index in [2.05, 4.69) is 5.32 Å². The summed E-state index contributed by atoms with van der Waals surface area (Å²) in [5.41, 5.74) is 1.23. The number of piperazine rings is 1. The van der Waals surface area contributed by atoms with E-state index < -0.39 is 16.1 Å². The number of sulfonamides is 1. The van der Waals surface area contributed by atoms with Gasteiger partial charge in [-0.25, -0.2) is 8.42 Å². The molecule has 4 rings (SSSR count). The minimum Gasteiger partial charge on any atom is -0.344 e. The highest BCUT2D eigenvalue weighted by Gasteiger charge is 2.35. The molecule has 2 saturated heterocycles. The molecule has 158 valence electrons. The fourth-order valence-electron chi connectivity index (χ4n) is 4.67. The van der Waals surface area contributed by atoms with Crippen LogP contribution in [0.1, 0.15) is 56.4 Å². The summed E-state index contributed by atoms with van der Waals surface area (Å²) < 4.78 is 27.5. The van der Waals surface area contributed by atoms with Crippen LogP contribution in [-0.4, -0.2) is 61.7 Å². The van der Waals surface area contributed by atoms with Gasteiger partial charge in [0.2, 0.25) is 21.8 Å². The van der Waals surface area contributed by atoms with Gasteiger partial charge in [0, 0.05) is 32.6 Å². The first-order chi connectivity index (χ1) is 13.9. The fourth-order valence-corrected chi connectivity index (χ4v) is 6.09. The number of benzene rings is 1. The van der Waals surface area contributed by atoms with Crippen molar-refractivity contribution in [2.24, 2.45) is 0 Å². The summed E-state index contributed by atoms with van der Waals surface area (Å²) in [4.78, 5) is 25.8. The predicted octanol–water partition coefficient (Wildman–Crippen LogP) is 1.85. The third-order valence-electron chi connectivity index (χ3n) is 6.44. The van der Waals surface area contributed by atoms with E-state index in [1.54, 1.807) is 17.0 Å². The molecule has 0 radical (unpaired) electrons. The highest BCUT2D eigenvalue weighted by atomic mass is 32.2. The van der Waals surface area contributed by atoms with Crippen molar-refractivity contribution in [1.82, 2.24) is 14.5 Å². The Bertz CT molecular complexity index is 854. The summed E-state index contributed by atoms with van der Waals surface area (Å²) in [5, 5.41) is 2.69. The Labute approximate surface area is 172 Å². The normalized spacial score (nSPS) is 24.5. The van der Waals surface area contributed by atoms with Crippen molar-refractivity contribution in [2.75, 3.05) is 26.2 Å². The quantitative estimate of drug-likeness (QED) is 0.807. The lowest BCUT2D eigenvalue weighted by Crippen LogP contribution is -2.54. The molecule has 0 spiro atoms. The molecule has 0 aromatic heterocycles. The smallest absolute Gasteiger partial charge is 0.245 e. The molecule has 2 heterocycles. The first-order valence-corrected chi connectivity index (χ1v) is 12.1. The first kappa shape index (κ1) is 20.3. The third-order valence-corrected chi connectivity index (χ3v) is 8.35. The van der Waals surface area contributed by atoms with Crippen LogP contribution in [-0.2, 0) is 19.6 Å². The van der Waals surface area contributed by atoms with Crippen molar-refractivity contribution in [2.45, 2.75) is 61.8 Å². The van der Waals surface area contributed by atoms with E-state index >= 15 is 0 Å². The van der Waals surface area contributed by atoms with Gasteiger partial charge < -0.3 is 10.2 Å². The van der Waals surface area contributed by atoms with E-state index in [1.165, 1.54) is 42.0 Å². The van der Waals surface area contributed by atoms with Gasteiger partial charge in [0.05, 0.1) is 4.90 Å². The molecule has 1 aromatic rings. The van der Waals surface area contributed by atoms with E-state index in [0.717, 1.165) is 0 Å². The van der Waals surface area contributed by atoms with Crippen LogP contribution in [0.2, 0.25) is 0 Å². The number of hydrogen-bond donors (Lipinski definition) is 1. The van der Waals surface area contributed by atoms with E-state index in [9.17, 15) is 18.0 Å². The van der Waals surface area contributed by atoms with Gasteiger partial charge in [-0.2, -0.15) is 4.31 Å². The Hall–Kier alpha value is -1.93. The number of carbonyl (C=O) groups is 2. The minimum atomic E-state index is -3.56. The number of rotatable bonds is 4. The maximum absolute atomic E-state index is 13.0. The molecule has 0 unspecified atom stereocenters. The lowest BCUT2D eigenvalue weighted by molar-refractivity contribution is -0.135. The predicted molar refractivity (Wildman–Crippen MR) is 109 cm³/mol. The molecular weight excluding hydrogens is 390 g/mol. The largest absolute Gasteiger partial charge is 0.344 e. The van der Waals surface area contributed by atoms with Gasteiger partial charge in [0.25, 0.3) is 0 Å². The molecule has 1 atom stereocenters. The van der Waals surface area contributed by atoms with Gasteiger partial charge in [-0.1, -0.05) is 31.4 Å². The lowest BCUT2D eigenvalue weighted by Gasteiger charge is -2.35. The van der Waals surface area contributed by atoms with E-state index in [0.29, 0.717) is 36.7 Å². The molecule has 7 nitrogen and oxygen atoms in total. The van der Waals surface area contributed by atoms with Crippen LogP contribution < -0.4 is 5.32 Å². The van der Waals surface area contributed by atoms with Crippen molar-refractivity contribution in [3.63, 3.8) is 0 Å². The number of nitrogens with zero attached hydrogens (tertiary/aromatic N) is 2. The van der Waals surface area contributed by atoms with E-state index in [-0.39, 0.29) is 24.9 Å². The Morgan fingerprint density at radius 1 is 0.931 bits per heavy atom. The molecule has 8 heteroatoms. The molecular formula is C21H29N3O4S. The Kier molecular flexibility index (Phi) is 5.92. The highest BCUT2D eigenvalue weighted by Crippen LogP contribution is 2.33. The van der Waals surface area contributed by atoms with Crippen LogP contribution >= 0.6 is 0 Å². The molecule has 2 aliphatic heterocycles. The second-order valence-corrected chi connectivity index (χ2v) is 10.2. The summed E-state index contributed by atoms with van der Waals surface area (Å²) in [5.74, 6) is 0.345.